The van der Waals surface area contributed by atoms with Crippen molar-refractivity contribution in [1.82, 2.24) is 10.2 Å². The molecule has 1 rings (SSSR count). The van der Waals surface area contributed by atoms with Gasteiger partial charge in [0.1, 0.15) is 5.54 Å². The monoisotopic (exact) mass is 284 g/mol. The lowest BCUT2D eigenvalue weighted by Crippen LogP contribution is -2.54. The van der Waals surface area contributed by atoms with E-state index in [-0.39, 0.29) is 6.04 Å². The van der Waals surface area contributed by atoms with E-state index in [1.165, 1.54) is 25.7 Å². The van der Waals surface area contributed by atoms with Gasteiger partial charge >= 0.3 is 5.97 Å². The zero-order valence-electron chi connectivity index (χ0n) is 13.6. The number of carbonyl (C=O) groups is 1. The highest BCUT2D eigenvalue weighted by Gasteiger charge is 2.34. The van der Waals surface area contributed by atoms with Crippen molar-refractivity contribution in [3.8, 4) is 0 Å². The molecule has 0 amide bonds. The quantitative estimate of drug-likeness (QED) is 0.719. The second-order valence-corrected chi connectivity index (χ2v) is 6.76. The first-order valence-electron chi connectivity index (χ1n) is 8.11. The van der Waals surface area contributed by atoms with E-state index in [0.717, 1.165) is 25.6 Å². The van der Waals surface area contributed by atoms with Gasteiger partial charge in [-0.3, -0.25) is 10.1 Å². The van der Waals surface area contributed by atoms with Crippen molar-refractivity contribution in [3.05, 3.63) is 0 Å². The Morgan fingerprint density at radius 1 is 1.40 bits per heavy atom. The fourth-order valence-electron chi connectivity index (χ4n) is 3.17. The van der Waals surface area contributed by atoms with Crippen LogP contribution >= 0.6 is 0 Å². The zero-order chi connectivity index (χ0) is 15.2. The van der Waals surface area contributed by atoms with Crippen molar-refractivity contribution in [2.24, 2.45) is 5.92 Å². The van der Waals surface area contributed by atoms with E-state index in [0.29, 0.717) is 6.42 Å². The summed E-state index contributed by atoms with van der Waals surface area (Å²) in [6.07, 6.45) is 5.83. The average Bonchev–Trinajstić information content (AvgIpc) is 2.37. The summed E-state index contributed by atoms with van der Waals surface area (Å²) in [5.74, 6) is 0.142. The lowest BCUT2D eigenvalue weighted by Gasteiger charge is -2.35. The van der Waals surface area contributed by atoms with Crippen molar-refractivity contribution in [2.75, 3.05) is 19.6 Å². The van der Waals surface area contributed by atoms with Crippen LogP contribution in [0.25, 0.3) is 0 Å². The molecule has 1 fully saturated rings. The van der Waals surface area contributed by atoms with Crippen LogP contribution in [0.1, 0.15) is 59.8 Å². The maximum absolute atomic E-state index is 11.5. The summed E-state index contributed by atoms with van der Waals surface area (Å²) in [7, 11) is 0. The number of hydrogen-bond acceptors (Lipinski definition) is 3. The van der Waals surface area contributed by atoms with Crippen LogP contribution < -0.4 is 5.32 Å². The first-order valence-corrected chi connectivity index (χ1v) is 8.11. The summed E-state index contributed by atoms with van der Waals surface area (Å²) < 4.78 is 0. The summed E-state index contributed by atoms with van der Waals surface area (Å²) in [5.41, 5.74) is -0.811. The number of piperidine rings is 1. The molecule has 0 aromatic heterocycles. The van der Waals surface area contributed by atoms with Gasteiger partial charge in [0, 0.05) is 12.6 Å². The summed E-state index contributed by atoms with van der Waals surface area (Å²) in [6.45, 7) is 11.2. The molecule has 1 atom stereocenters. The Bertz CT molecular complexity index is 299. The third-order valence-corrected chi connectivity index (χ3v) is 4.41. The highest BCUT2D eigenvalue weighted by Crippen LogP contribution is 2.22. The molecule has 1 aliphatic rings. The van der Waals surface area contributed by atoms with Crippen molar-refractivity contribution >= 4 is 5.97 Å². The molecular formula is C16H32N2O2. The molecule has 0 aromatic carbocycles. The molecule has 20 heavy (non-hydrogen) atoms. The smallest absolute Gasteiger partial charge is 0.323 e. The van der Waals surface area contributed by atoms with Crippen LogP contribution in [0.5, 0.6) is 0 Å². The highest BCUT2D eigenvalue weighted by atomic mass is 16.4. The molecule has 0 aliphatic carbocycles. The van der Waals surface area contributed by atoms with Crippen molar-refractivity contribution in [2.45, 2.75) is 71.4 Å². The number of nitrogens with one attached hydrogen (secondary N) is 1. The van der Waals surface area contributed by atoms with Gasteiger partial charge in [0.15, 0.2) is 0 Å². The van der Waals surface area contributed by atoms with Crippen molar-refractivity contribution in [1.29, 1.82) is 0 Å². The third kappa shape index (κ3) is 5.41. The van der Waals surface area contributed by atoms with Crippen LogP contribution in [0.2, 0.25) is 0 Å². The van der Waals surface area contributed by atoms with E-state index in [4.69, 9.17) is 0 Å². The Kier molecular flexibility index (Phi) is 6.96. The molecule has 118 valence electrons. The van der Waals surface area contributed by atoms with Crippen LogP contribution in [0.4, 0.5) is 0 Å². The van der Waals surface area contributed by atoms with Gasteiger partial charge in [-0.25, -0.2) is 0 Å². The number of rotatable bonds is 8. The predicted molar refractivity (Wildman–Crippen MR) is 83.0 cm³/mol. The van der Waals surface area contributed by atoms with Crippen molar-refractivity contribution < 1.29 is 9.90 Å². The van der Waals surface area contributed by atoms with Gasteiger partial charge in [-0.15, -0.1) is 0 Å². The molecule has 1 unspecified atom stereocenters. The first-order chi connectivity index (χ1) is 9.37. The summed E-state index contributed by atoms with van der Waals surface area (Å²) >= 11 is 0. The summed E-state index contributed by atoms with van der Waals surface area (Å²) in [6, 6.07) is 0.186. The van der Waals surface area contributed by atoms with Gasteiger partial charge in [0.05, 0.1) is 0 Å². The number of nitrogens with zero attached hydrogens (tertiary/aromatic N) is 1. The first kappa shape index (κ1) is 17.4. The minimum atomic E-state index is -0.811. The summed E-state index contributed by atoms with van der Waals surface area (Å²) in [4.78, 5) is 13.9. The highest BCUT2D eigenvalue weighted by molar-refractivity contribution is 5.78. The molecule has 1 saturated heterocycles. The number of carboxylic acids is 1. The number of carboxylic acid groups (broad SMARTS) is 1. The molecule has 4 nitrogen and oxygen atoms in total. The summed E-state index contributed by atoms with van der Waals surface area (Å²) in [5, 5.41) is 12.6. The second kappa shape index (κ2) is 7.99. The molecule has 0 saturated carbocycles. The molecule has 2 N–H and O–H groups in total. The van der Waals surface area contributed by atoms with Crippen LogP contribution in [0, 0.1) is 5.92 Å². The molecule has 0 radical (unpaired) electrons. The van der Waals surface area contributed by atoms with E-state index >= 15 is 0 Å². The fourth-order valence-corrected chi connectivity index (χ4v) is 3.17. The van der Waals surface area contributed by atoms with Gasteiger partial charge in [-0.05, 0) is 59.0 Å². The Morgan fingerprint density at radius 3 is 2.45 bits per heavy atom. The Morgan fingerprint density at radius 2 is 2.00 bits per heavy atom. The topological polar surface area (TPSA) is 52.6 Å². The molecule has 1 aliphatic heterocycles. The van der Waals surface area contributed by atoms with Gasteiger partial charge in [-0.2, -0.15) is 0 Å². The molecule has 0 aromatic rings. The van der Waals surface area contributed by atoms with Crippen LogP contribution in [-0.2, 0) is 4.79 Å². The minimum absolute atomic E-state index is 0.186. The molecule has 4 heteroatoms. The third-order valence-electron chi connectivity index (χ3n) is 4.41. The van der Waals surface area contributed by atoms with E-state index in [9.17, 15) is 9.90 Å². The van der Waals surface area contributed by atoms with Gasteiger partial charge in [0.25, 0.3) is 0 Å². The number of likely N-dealkylation sites (tertiary alicyclic amines) is 1. The second-order valence-electron chi connectivity index (χ2n) is 6.76. The predicted octanol–water partition coefficient (Wildman–Crippen LogP) is 2.73. The van der Waals surface area contributed by atoms with E-state index < -0.39 is 11.5 Å². The maximum Gasteiger partial charge on any atom is 0.323 e. The van der Waals surface area contributed by atoms with Crippen LogP contribution in [-0.4, -0.2) is 47.2 Å². The molecular weight excluding hydrogens is 252 g/mol. The standard InChI is InChI=1S/C16H32N2O2/c1-5-6-14-7-10-18(11-8-14)12-9-16(4,15(19)20)17-13(2)3/h13-14,17H,5-12H2,1-4H3,(H,19,20). The molecule has 1 heterocycles. The largest absolute Gasteiger partial charge is 0.480 e. The molecule has 0 bridgehead atoms. The van der Waals surface area contributed by atoms with Crippen molar-refractivity contribution in [3.63, 3.8) is 0 Å². The fraction of sp³-hybridized carbons (Fsp3) is 0.938. The van der Waals surface area contributed by atoms with Gasteiger partial charge < -0.3 is 10.0 Å². The van der Waals surface area contributed by atoms with Gasteiger partial charge in [-0.1, -0.05) is 19.8 Å². The van der Waals surface area contributed by atoms with Crippen LogP contribution in [0.15, 0.2) is 0 Å². The molecule has 0 spiro atoms. The Hall–Kier alpha value is -0.610. The number of aliphatic carboxylic acids is 1. The van der Waals surface area contributed by atoms with E-state index in [2.05, 4.69) is 17.1 Å². The van der Waals surface area contributed by atoms with Crippen LogP contribution in [0.3, 0.4) is 0 Å². The Balaban J connectivity index is 2.39. The Labute approximate surface area is 123 Å². The number of hydrogen-bond donors (Lipinski definition) is 2. The minimum Gasteiger partial charge on any atom is -0.480 e. The van der Waals surface area contributed by atoms with Gasteiger partial charge in [0.2, 0.25) is 0 Å². The zero-order valence-corrected chi connectivity index (χ0v) is 13.6. The van der Waals surface area contributed by atoms with E-state index in [1.54, 1.807) is 6.92 Å². The normalized spacial score (nSPS) is 21.1. The lowest BCUT2D eigenvalue weighted by atomic mass is 9.91. The van der Waals surface area contributed by atoms with E-state index in [1.807, 2.05) is 13.8 Å². The SMILES string of the molecule is CCCC1CCN(CCC(C)(NC(C)C)C(=O)O)CC1. The lowest BCUT2D eigenvalue weighted by molar-refractivity contribution is -0.145. The maximum atomic E-state index is 11.5. The average molecular weight is 284 g/mol.